The predicted octanol–water partition coefficient (Wildman–Crippen LogP) is 3.60. The van der Waals surface area contributed by atoms with Gasteiger partial charge >= 0.3 is 0 Å². The summed E-state index contributed by atoms with van der Waals surface area (Å²) in [5.74, 6) is 0.974. The molecule has 2 heteroatoms. The van der Waals surface area contributed by atoms with Crippen LogP contribution in [-0.2, 0) is 0 Å². The maximum absolute atomic E-state index is 5.73. The molecule has 0 bridgehead atoms. The number of pyridine rings is 1. The molecule has 0 aliphatic heterocycles. The van der Waals surface area contributed by atoms with E-state index < -0.39 is 0 Å². The monoisotopic (exact) mass is 225 g/mol. The van der Waals surface area contributed by atoms with E-state index in [1.54, 1.807) is 0 Å². The van der Waals surface area contributed by atoms with Crippen molar-refractivity contribution in [1.82, 2.24) is 4.98 Å². The Bertz CT molecular complexity index is 515. The van der Waals surface area contributed by atoms with E-state index in [0.29, 0.717) is 6.10 Å². The van der Waals surface area contributed by atoms with Crippen molar-refractivity contribution in [2.24, 2.45) is 0 Å². The summed E-state index contributed by atoms with van der Waals surface area (Å²) in [5.41, 5.74) is 3.45. The van der Waals surface area contributed by atoms with Crippen molar-refractivity contribution in [3.63, 3.8) is 0 Å². The zero-order valence-corrected chi connectivity index (χ0v) is 9.89. The molecule has 0 unspecified atom stereocenters. The molecule has 0 radical (unpaired) electrons. The second-order valence-corrected chi connectivity index (χ2v) is 4.53. The van der Waals surface area contributed by atoms with Gasteiger partial charge in [-0.3, -0.25) is 4.98 Å². The molecule has 1 saturated carbocycles. The van der Waals surface area contributed by atoms with Crippen molar-refractivity contribution >= 4 is 0 Å². The fourth-order valence-corrected chi connectivity index (χ4v) is 1.83. The zero-order chi connectivity index (χ0) is 11.7. The fourth-order valence-electron chi connectivity index (χ4n) is 1.83. The third kappa shape index (κ3) is 2.47. The molecule has 2 aromatic rings. The number of aryl methyl sites for hydroxylation is 1. The van der Waals surface area contributed by atoms with Crippen molar-refractivity contribution in [3.8, 4) is 16.9 Å². The normalized spacial score (nSPS) is 14.6. The summed E-state index contributed by atoms with van der Waals surface area (Å²) >= 11 is 0. The molecule has 2 nitrogen and oxygen atoms in total. The summed E-state index contributed by atoms with van der Waals surface area (Å²) in [6, 6.07) is 12.4. The van der Waals surface area contributed by atoms with Crippen molar-refractivity contribution < 1.29 is 4.74 Å². The third-order valence-corrected chi connectivity index (χ3v) is 2.91. The molecule has 1 aliphatic carbocycles. The Balaban J connectivity index is 1.83. The molecule has 17 heavy (non-hydrogen) atoms. The molecular weight excluding hydrogens is 210 g/mol. The van der Waals surface area contributed by atoms with Crippen molar-refractivity contribution in [2.75, 3.05) is 0 Å². The van der Waals surface area contributed by atoms with Crippen LogP contribution in [0, 0.1) is 6.92 Å². The van der Waals surface area contributed by atoms with E-state index >= 15 is 0 Å². The maximum Gasteiger partial charge on any atom is 0.119 e. The van der Waals surface area contributed by atoms with Gasteiger partial charge < -0.3 is 4.74 Å². The van der Waals surface area contributed by atoms with Crippen molar-refractivity contribution in [1.29, 1.82) is 0 Å². The number of nitrogens with zero attached hydrogens (tertiary/aromatic N) is 1. The van der Waals surface area contributed by atoms with Crippen LogP contribution in [0.25, 0.3) is 11.1 Å². The maximum atomic E-state index is 5.73. The van der Waals surface area contributed by atoms with Gasteiger partial charge in [0, 0.05) is 11.9 Å². The summed E-state index contributed by atoms with van der Waals surface area (Å²) < 4.78 is 5.73. The van der Waals surface area contributed by atoms with E-state index in [4.69, 9.17) is 4.74 Å². The van der Waals surface area contributed by atoms with Crippen LogP contribution in [0.1, 0.15) is 18.5 Å². The highest BCUT2D eigenvalue weighted by molar-refractivity contribution is 5.64. The van der Waals surface area contributed by atoms with Gasteiger partial charge in [-0.05, 0) is 55.2 Å². The Hall–Kier alpha value is -1.83. The minimum absolute atomic E-state index is 0.462. The first-order chi connectivity index (χ1) is 8.31. The molecule has 1 fully saturated rings. The second kappa shape index (κ2) is 4.21. The van der Waals surface area contributed by atoms with Gasteiger partial charge in [-0.1, -0.05) is 12.1 Å². The van der Waals surface area contributed by atoms with Crippen LogP contribution < -0.4 is 4.74 Å². The summed E-state index contributed by atoms with van der Waals surface area (Å²) in [5, 5.41) is 0. The molecule has 0 amide bonds. The number of aromatic nitrogens is 1. The lowest BCUT2D eigenvalue weighted by molar-refractivity contribution is 0.303. The molecular formula is C15H15NO. The highest BCUT2D eigenvalue weighted by atomic mass is 16.5. The van der Waals surface area contributed by atoms with Crippen LogP contribution in [0.5, 0.6) is 5.75 Å². The van der Waals surface area contributed by atoms with Gasteiger partial charge in [-0.25, -0.2) is 0 Å². The molecule has 1 aromatic heterocycles. The van der Waals surface area contributed by atoms with Gasteiger partial charge in [0.2, 0.25) is 0 Å². The van der Waals surface area contributed by atoms with Crippen molar-refractivity contribution in [2.45, 2.75) is 25.9 Å². The number of ether oxygens (including phenoxy) is 1. The Morgan fingerprint density at radius 2 is 1.82 bits per heavy atom. The van der Waals surface area contributed by atoms with Gasteiger partial charge in [0.05, 0.1) is 6.10 Å². The highest BCUT2D eigenvalue weighted by Crippen LogP contribution is 2.28. The molecule has 0 spiro atoms. The standard InChI is InChI=1S/C15H15NO/c1-11-10-13(8-9-16-11)12-2-4-14(5-3-12)17-15-6-7-15/h2-5,8-10,15H,6-7H2,1H3. The van der Waals surface area contributed by atoms with Gasteiger partial charge in [0.25, 0.3) is 0 Å². The Kier molecular flexibility index (Phi) is 2.56. The van der Waals surface area contributed by atoms with E-state index in [-0.39, 0.29) is 0 Å². The Morgan fingerprint density at radius 1 is 1.06 bits per heavy atom. The molecule has 3 rings (SSSR count). The third-order valence-electron chi connectivity index (χ3n) is 2.91. The number of benzene rings is 1. The van der Waals surface area contributed by atoms with Crippen LogP contribution in [0.15, 0.2) is 42.6 Å². The lowest BCUT2D eigenvalue weighted by Gasteiger charge is -2.06. The summed E-state index contributed by atoms with van der Waals surface area (Å²) in [6.45, 7) is 2.01. The smallest absolute Gasteiger partial charge is 0.119 e. The molecule has 0 N–H and O–H groups in total. The zero-order valence-electron chi connectivity index (χ0n) is 9.89. The van der Waals surface area contributed by atoms with Crippen LogP contribution in [0.3, 0.4) is 0 Å². The van der Waals surface area contributed by atoms with Crippen LogP contribution in [0.2, 0.25) is 0 Å². The molecule has 0 atom stereocenters. The first-order valence-corrected chi connectivity index (χ1v) is 6.01. The minimum atomic E-state index is 0.462. The summed E-state index contributed by atoms with van der Waals surface area (Å²) in [4.78, 5) is 4.21. The largest absolute Gasteiger partial charge is 0.490 e. The fraction of sp³-hybridized carbons (Fsp3) is 0.267. The first-order valence-electron chi connectivity index (χ1n) is 6.01. The molecule has 1 heterocycles. The van der Waals surface area contributed by atoms with Crippen LogP contribution in [0.4, 0.5) is 0 Å². The quantitative estimate of drug-likeness (QED) is 0.796. The Labute approximate surface area is 101 Å². The molecule has 1 aromatic carbocycles. The van der Waals surface area contributed by atoms with Crippen LogP contribution >= 0.6 is 0 Å². The number of rotatable bonds is 3. The lowest BCUT2D eigenvalue weighted by Crippen LogP contribution is -1.95. The SMILES string of the molecule is Cc1cc(-c2ccc(OC3CC3)cc2)ccn1. The average molecular weight is 225 g/mol. The molecule has 86 valence electrons. The highest BCUT2D eigenvalue weighted by Gasteiger charge is 2.23. The van der Waals surface area contributed by atoms with E-state index in [9.17, 15) is 0 Å². The van der Waals surface area contributed by atoms with E-state index in [0.717, 1.165) is 11.4 Å². The summed E-state index contributed by atoms with van der Waals surface area (Å²) in [6.07, 6.45) is 4.71. The second-order valence-electron chi connectivity index (χ2n) is 4.53. The van der Waals surface area contributed by atoms with E-state index in [1.807, 2.05) is 31.3 Å². The number of hydrogen-bond acceptors (Lipinski definition) is 2. The summed E-state index contributed by atoms with van der Waals surface area (Å²) in [7, 11) is 0. The van der Waals surface area contributed by atoms with Gasteiger partial charge in [0.1, 0.15) is 5.75 Å². The first kappa shape index (κ1) is 10.3. The minimum Gasteiger partial charge on any atom is -0.490 e. The van der Waals surface area contributed by atoms with Gasteiger partial charge in [0.15, 0.2) is 0 Å². The van der Waals surface area contributed by atoms with E-state index in [2.05, 4.69) is 23.2 Å². The van der Waals surface area contributed by atoms with Crippen LogP contribution in [-0.4, -0.2) is 11.1 Å². The predicted molar refractivity (Wildman–Crippen MR) is 68.1 cm³/mol. The van der Waals surface area contributed by atoms with E-state index in [1.165, 1.54) is 24.0 Å². The molecule has 1 aliphatic rings. The average Bonchev–Trinajstić information content (AvgIpc) is 3.14. The topological polar surface area (TPSA) is 22.1 Å². The van der Waals surface area contributed by atoms with Crippen molar-refractivity contribution in [3.05, 3.63) is 48.3 Å². The van der Waals surface area contributed by atoms with Gasteiger partial charge in [-0.15, -0.1) is 0 Å². The lowest BCUT2D eigenvalue weighted by atomic mass is 10.1. The number of hydrogen-bond donors (Lipinski definition) is 0. The van der Waals surface area contributed by atoms with Gasteiger partial charge in [-0.2, -0.15) is 0 Å². The Morgan fingerprint density at radius 3 is 2.47 bits per heavy atom. The molecule has 0 saturated heterocycles.